The van der Waals surface area contributed by atoms with Crippen LogP contribution in [-0.2, 0) is 11.4 Å². The van der Waals surface area contributed by atoms with Gasteiger partial charge in [0.2, 0.25) is 0 Å². The molecule has 2 nitrogen and oxygen atoms in total. The van der Waals surface area contributed by atoms with Gasteiger partial charge in [-0.3, -0.25) is 0 Å². The Labute approximate surface area is 66.8 Å². The van der Waals surface area contributed by atoms with Crippen LogP contribution in [0.2, 0.25) is 0 Å². The second-order valence-corrected chi connectivity index (χ2v) is 4.13. The molecule has 0 amide bonds. The molecule has 0 aliphatic carbocycles. The van der Waals surface area contributed by atoms with E-state index in [0.717, 1.165) is 11.4 Å². The van der Waals surface area contributed by atoms with Crippen LogP contribution in [0.1, 0.15) is 9.75 Å². The van der Waals surface area contributed by atoms with Crippen LogP contribution in [0.3, 0.4) is 0 Å². The Hall–Kier alpha value is -0.480. The summed E-state index contributed by atoms with van der Waals surface area (Å²) in [4.78, 5) is 2.56. The van der Waals surface area contributed by atoms with Crippen LogP contribution < -0.4 is 0 Å². The average molecular weight is 170 g/mol. The van der Waals surface area contributed by atoms with Crippen molar-refractivity contribution in [3.05, 3.63) is 9.75 Å². The highest BCUT2D eigenvalue weighted by Gasteiger charge is 2.13. The topological polar surface area (TPSA) is 24.7 Å². The third-order valence-corrected chi connectivity index (χ3v) is 2.99. The van der Waals surface area contributed by atoms with Gasteiger partial charge in [-0.05, 0) is 13.8 Å². The Bertz CT molecular complexity index is 316. The molecule has 0 saturated heterocycles. The second-order valence-electron chi connectivity index (χ2n) is 2.18. The Morgan fingerprint density at radius 2 is 1.50 bits per heavy atom. The summed E-state index contributed by atoms with van der Waals surface area (Å²) in [7, 11) is 0. The van der Waals surface area contributed by atoms with Gasteiger partial charge in [-0.15, -0.1) is 11.3 Å². The Balaban J connectivity index is 2.77. The summed E-state index contributed by atoms with van der Waals surface area (Å²) in [5.41, 5.74) is 2.18. The minimum atomic E-state index is 1.09. The lowest BCUT2D eigenvalue weighted by Crippen LogP contribution is -1.55. The molecule has 0 saturated carbocycles. The molecule has 1 aliphatic heterocycles. The van der Waals surface area contributed by atoms with E-state index < -0.39 is 0 Å². The smallest absolute Gasteiger partial charge is 0.118 e. The zero-order valence-corrected chi connectivity index (χ0v) is 7.34. The van der Waals surface area contributed by atoms with Crippen molar-refractivity contribution in [3.8, 4) is 0 Å². The maximum absolute atomic E-state index is 4.18. The zero-order valence-electron chi connectivity index (χ0n) is 5.71. The number of hydrogen-bond donors (Lipinski definition) is 0. The van der Waals surface area contributed by atoms with Gasteiger partial charge in [0, 0.05) is 9.75 Å². The molecular formula is C6H6N2S2. The van der Waals surface area contributed by atoms with E-state index in [0.29, 0.717) is 0 Å². The summed E-state index contributed by atoms with van der Waals surface area (Å²) >= 11 is 3.07. The molecule has 2 heterocycles. The molecule has 0 atom stereocenters. The monoisotopic (exact) mass is 170 g/mol. The lowest BCUT2D eigenvalue weighted by Gasteiger charge is -1.82. The van der Waals surface area contributed by atoms with E-state index in [2.05, 4.69) is 22.6 Å². The number of thiophene rings is 1. The summed E-state index contributed by atoms with van der Waals surface area (Å²) in [6.07, 6.45) is 0. The molecule has 10 heavy (non-hydrogen) atoms. The highest BCUT2D eigenvalue weighted by atomic mass is 32.1. The van der Waals surface area contributed by atoms with E-state index in [1.165, 1.54) is 21.1 Å². The maximum Gasteiger partial charge on any atom is 0.118 e. The summed E-state index contributed by atoms with van der Waals surface area (Å²) in [6, 6.07) is 0. The van der Waals surface area contributed by atoms with Gasteiger partial charge in [0.25, 0.3) is 0 Å². The summed E-state index contributed by atoms with van der Waals surface area (Å²) in [5.74, 6) is 0. The molecule has 0 radical (unpaired) electrons. The van der Waals surface area contributed by atoms with E-state index in [1.807, 2.05) is 0 Å². The van der Waals surface area contributed by atoms with Gasteiger partial charge >= 0.3 is 0 Å². The Kier molecular flexibility index (Phi) is 1.25. The summed E-state index contributed by atoms with van der Waals surface area (Å²) in [6.45, 7) is 4.17. The predicted molar refractivity (Wildman–Crippen MR) is 45.3 cm³/mol. The van der Waals surface area contributed by atoms with Gasteiger partial charge in [0.15, 0.2) is 0 Å². The minimum Gasteiger partial charge on any atom is -0.172 e. The summed E-state index contributed by atoms with van der Waals surface area (Å²) in [5, 5.41) is 0. The van der Waals surface area contributed by atoms with Crippen LogP contribution in [0.15, 0.2) is 8.73 Å². The third-order valence-electron chi connectivity index (χ3n) is 1.46. The fourth-order valence-corrected chi connectivity index (χ4v) is 2.68. The van der Waals surface area contributed by atoms with Crippen LogP contribution in [0, 0.1) is 13.8 Å². The first kappa shape index (κ1) is 6.24. The van der Waals surface area contributed by atoms with E-state index in [4.69, 9.17) is 0 Å². The van der Waals surface area contributed by atoms with Gasteiger partial charge in [-0.25, -0.2) is 0 Å². The van der Waals surface area contributed by atoms with Crippen molar-refractivity contribution in [1.82, 2.24) is 0 Å². The third kappa shape index (κ3) is 0.690. The number of fused-ring (bicyclic) bond motifs is 1. The van der Waals surface area contributed by atoms with Crippen LogP contribution in [-0.4, -0.2) is 0 Å². The van der Waals surface area contributed by atoms with Gasteiger partial charge in [0.05, 0.1) is 11.4 Å². The molecule has 0 N–H and O–H groups in total. The molecule has 0 aromatic carbocycles. The van der Waals surface area contributed by atoms with Crippen LogP contribution >= 0.6 is 11.3 Å². The lowest BCUT2D eigenvalue weighted by atomic mass is 10.3. The van der Waals surface area contributed by atoms with Crippen molar-refractivity contribution in [2.24, 2.45) is 8.73 Å². The van der Waals surface area contributed by atoms with Crippen molar-refractivity contribution in [2.45, 2.75) is 13.8 Å². The van der Waals surface area contributed by atoms with Crippen molar-refractivity contribution in [1.29, 1.82) is 0 Å². The van der Waals surface area contributed by atoms with Gasteiger partial charge in [-0.1, -0.05) is 0 Å². The van der Waals surface area contributed by atoms with E-state index in [9.17, 15) is 0 Å². The number of rotatable bonds is 0. The fraction of sp³-hybridized carbons (Fsp3) is 0.333. The average Bonchev–Trinajstić information content (AvgIpc) is 2.39. The fourth-order valence-electron chi connectivity index (χ4n) is 0.977. The summed E-state index contributed by atoms with van der Waals surface area (Å²) < 4.78 is 8.36. The van der Waals surface area contributed by atoms with E-state index >= 15 is 0 Å². The van der Waals surface area contributed by atoms with Crippen LogP contribution in [0.5, 0.6) is 0 Å². The molecule has 0 fully saturated rings. The second kappa shape index (κ2) is 2.00. The van der Waals surface area contributed by atoms with Crippen molar-refractivity contribution >= 4 is 34.1 Å². The normalized spacial score (nSPS) is 13.4. The standard InChI is InChI=1S/C6H6N2S2/c1-3-5-6(4(2)9-3)8-10-7-5/h1-2H3. The molecule has 1 aromatic rings. The Morgan fingerprint density at radius 3 is 2.00 bits per heavy atom. The molecule has 1 aliphatic rings. The zero-order chi connectivity index (χ0) is 7.14. The first-order valence-electron chi connectivity index (χ1n) is 2.97. The van der Waals surface area contributed by atoms with Gasteiger partial charge < -0.3 is 0 Å². The van der Waals surface area contributed by atoms with Crippen molar-refractivity contribution in [2.75, 3.05) is 0 Å². The van der Waals surface area contributed by atoms with E-state index in [1.54, 1.807) is 11.3 Å². The largest absolute Gasteiger partial charge is 0.172 e. The minimum absolute atomic E-state index is 1.09. The molecule has 2 rings (SSSR count). The quantitative estimate of drug-likeness (QED) is 0.580. The van der Waals surface area contributed by atoms with Crippen molar-refractivity contribution in [3.63, 3.8) is 0 Å². The van der Waals surface area contributed by atoms with Crippen molar-refractivity contribution < 1.29 is 0 Å². The molecule has 0 spiro atoms. The number of aryl methyl sites for hydroxylation is 2. The number of hydrogen-bond acceptors (Lipinski definition) is 3. The van der Waals surface area contributed by atoms with E-state index in [-0.39, 0.29) is 0 Å². The molecule has 1 aromatic heterocycles. The van der Waals surface area contributed by atoms with Crippen LogP contribution in [0.25, 0.3) is 0 Å². The maximum atomic E-state index is 4.18. The van der Waals surface area contributed by atoms with Gasteiger partial charge in [-0.2, -0.15) is 8.73 Å². The molecule has 52 valence electrons. The molecular weight excluding hydrogens is 164 g/mol. The first-order valence-corrected chi connectivity index (χ1v) is 4.52. The molecule has 0 bridgehead atoms. The SMILES string of the molecule is Cc1sc(C)c2c1N=S=N2. The molecule has 4 heteroatoms. The lowest BCUT2D eigenvalue weighted by molar-refractivity contribution is 1.50. The highest BCUT2D eigenvalue weighted by Crippen LogP contribution is 2.43. The highest BCUT2D eigenvalue weighted by molar-refractivity contribution is 7.58. The predicted octanol–water partition coefficient (Wildman–Crippen LogP) is 3.09. The Morgan fingerprint density at radius 1 is 1.00 bits per heavy atom. The van der Waals surface area contributed by atoms with Crippen LogP contribution in [0.4, 0.5) is 11.4 Å². The first-order chi connectivity index (χ1) is 4.79. The molecule has 0 unspecified atom stereocenters. The number of nitrogens with zero attached hydrogens (tertiary/aromatic N) is 2. The van der Waals surface area contributed by atoms with Gasteiger partial charge in [0.1, 0.15) is 11.4 Å².